The molecule has 1 heterocycles. The Labute approximate surface area is 169 Å². The number of aromatic amines is 1. The van der Waals surface area contributed by atoms with E-state index in [4.69, 9.17) is 12.2 Å². The number of nitrogens with zero attached hydrogens (tertiary/aromatic N) is 1. The molecule has 1 aromatic heterocycles. The SMILES string of the molecule is CCc1cc(-c2c[nH]c(=S)n2-c2cccc3c2C=CC3C(C)C)c(O)cc1O. The summed E-state index contributed by atoms with van der Waals surface area (Å²) in [6, 6.07) is 9.51. The summed E-state index contributed by atoms with van der Waals surface area (Å²) in [5, 5.41) is 20.6. The van der Waals surface area contributed by atoms with Crippen LogP contribution in [-0.2, 0) is 6.42 Å². The third-order valence-electron chi connectivity index (χ3n) is 5.54. The highest BCUT2D eigenvalue weighted by Crippen LogP contribution is 2.41. The highest BCUT2D eigenvalue weighted by atomic mass is 32.1. The minimum atomic E-state index is 0.0284. The van der Waals surface area contributed by atoms with Gasteiger partial charge in [0.2, 0.25) is 0 Å². The van der Waals surface area contributed by atoms with Crippen molar-refractivity contribution in [2.24, 2.45) is 5.92 Å². The first-order chi connectivity index (χ1) is 13.4. The molecule has 0 radical (unpaired) electrons. The van der Waals surface area contributed by atoms with Crippen molar-refractivity contribution in [1.82, 2.24) is 9.55 Å². The van der Waals surface area contributed by atoms with Crippen molar-refractivity contribution < 1.29 is 10.2 Å². The smallest absolute Gasteiger partial charge is 0.182 e. The quantitative estimate of drug-likeness (QED) is 0.481. The van der Waals surface area contributed by atoms with Crippen molar-refractivity contribution in [3.63, 3.8) is 0 Å². The maximum absolute atomic E-state index is 10.5. The molecule has 5 heteroatoms. The molecule has 3 N–H and O–H groups in total. The fourth-order valence-electron chi connectivity index (χ4n) is 4.04. The zero-order valence-electron chi connectivity index (χ0n) is 16.2. The highest BCUT2D eigenvalue weighted by molar-refractivity contribution is 7.71. The molecule has 1 atom stereocenters. The summed E-state index contributed by atoms with van der Waals surface area (Å²) in [6.45, 7) is 6.43. The number of hydrogen-bond donors (Lipinski definition) is 3. The first-order valence-electron chi connectivity index (χ1n) is 9.59. The molecule has 2 aromatic carbocycles. The molecule has 0 amide bonds. The number of rotatable bonds is 4. The van der Waals surface area contributed by atoms with Gasteiger partial charge < -0.3 is 15.2 Å². The van der Waals surface area contributed by atoms with E-state index in [9.17, 15) is 10.2 Å². The number of aryl methyl sites for hydroxylation is 1. The Morgan fingerprint density at radius 1 is 1.18 bits per heavy atom. The van der Waals surface area contributed by atoms with Crippen LogP contribution in [0.3, 0.4) is 0 Å². The van der Waals surface area contributed by atoms with E-state index in [2.05, 4.69) is 49.2 Å². The largest absolute Gasteiger partial charge is 0.508 e. The van der Waals surface area contributed by atoms with Crippen molar-refractivity contribution in [3.05, 3.63) is 64.1 Å². The number of fused-ring (bicyclic) bond motifs is 1. The number of phenols is 2. The standard InChI is InChI=1S/C23H24N2O2S/c1-4-14-10-18(22(27)11-21(14)26)20-12-24-23(28)25(20)19-7-5-6-16-15(13(2)3)8-9-17(16)19/h5-13,15,26-27H,4H2,1-3H3,(H,24,28). The molecule has 3 aromatic rings. The van der Waals surface area contributed by atoms with Crippen LogP contribution in [0.5, 0.6) is 11.5 Å². The van der Waals surface area contributed by atoms with Crippen LogP contribution in [0.1, 0.15) is 43.4 Å². The molecule has 1 aliphatic carbocycles. The fraction of sp³-hybridized carbons (Fsp3) is 0.261. The van der Waals surface area contributed by atoms with Crippen LogP contribution >= 0.6 is 12.2 Å². The molecule has 4 nitrogen and oxygen atoms in total. The lowest BCUT2D eigenvalue weighted by molar-refractivity contribution is 0.447. The topological polar surface area (TPSA) is 61.2 Å². The first-order valence-corrected chi connectivity index (χ1v) is 10.00. The molecule has 144 valence electrons. The van der Waals surface area contributed by atoms with Crippen LogP contribution in [0.2, 0.25) is 0 Å². The van der Waals surface area contributed by atoms with Gasteiger partial charge in [0.1, 0.15) is 11.5 Å². The Morgan fingerprint density at radius 2 is 1.96 bits per heavy atom. The van der Waals surface area contributed by atoms with E-state index in [1.807, 2.05) is 23.8 Å². The lowest BCUT2D eigenvalue weighted by Gasteiger charge is -2.18. The van der Waals surface area contributed by atoms with Gasteiger partial charge in [-0.25, -0.2) is 0 Å². The van der Waals surface area contributed by atoms with Gasteiger partial charge in [-0.2, -0.15) is 0 Å². The average molecular weight is 393 g/mol. The predicted octanol–water partition coefficient (Wildman–Crippen LogP) is 5.94. The van der Waals surface area contributed by atoms with Crippen LogP contribution in [0.15, 0.2) is 42.6 Å². The average Bonchev–Trinajstić information content (AvgIpc) is 3.25. The van der Waals surface area contributed by atoms with Crippen LogP contribution in [0.25, 0.3) is 23.0 Å². The van der Waals surface area contributed by atoms with Crippen molar-refractivity contribution in [3.8, 4) is 28.4 Å². The number of benzene rings is 2. The Bertz CT molecular complexity index is 1140. The highest BCUT2D eigenvalue weighted by Gasteiger charge is 2.24. The Hall–Kier alpha value is -2.79. The van der Waals surface area contributed by atoms with Gasteiger partial charge in [0.25, 0.3) is 0 Å². The van der Waals surface area contributed by atoms with Crippen molar-refractivity contribution >= 4 is 18.3 Å². The summed E-state index contributed by atoms with van der Waals surface area (Å²) >= 11 is 5.59. The number of aromatic hydroxyl groups is 2. The Morgan fingerprint density at radius 3 is 2.68 bits per heavy atom. The molecular formula is C23H24N2O2S. The number of hydrogen-bond acceptors (Lipinski definition) is 3. The van der Waals surface area contributed by atoms with Crippen LogP contribution in [-0.4, -0.2) is 19.8 Å². The molecule has 28 heavy (non-hydrogen) atoms. The predicted molar refractivity (Wildman–Crippen MR) is 116 cm³/mol. The van der Waals surface area contributed by atoms with E-state index in [1.165, 1.54) is 11.6 Å². The van der Waals surface area contributed by atoms with E-state index in [-0.39, 0.29) is 11.5 Å². The number of allylic oxidation sites excluding steroid dienone is 1. The maximum Gasteiger partial charge on any atom is 0.182 e. The molecule has 0 aliphatic heterocycles. The summed E-state index contributed by atoms with van der Waals surface area (Å²) < 4.78 is 2.53. The minimum Gasteiger partial charge on any atom is -0.508 e. The summed E-state index contributed by atoms with van der Waals surface area (Å²) in [5.74, 6) is 1.04. The van der Waals surface area contributed by atoms with Crippen molar-refractivity contribution in [1.29, 1.82) is 0 Å². The molecule has 0 fully saturated rings. The first kappa shape index (κ1) is 18.6. The number of imidazole rings is 1. The van der Waals surface area contributed by atoms with Gasteiger partial charge in [-0.1, -0.05) is 45.1 Å². The molecule has 1 unspecified atom stereocenters. The number of aromatic nitrogens is 2. The lowest BCUT2D eigenvalue weighted by Crippen LogP contribution is -2.05. The Kier molecular flexibility index (Phi) is 4.63. The zero-order valence-corrected chi connectivity index (χ0v) is 17.0. The van der Waals surface area contributed by atoms with Crippen molar-refractivity contribution in [2.75, 3.05) is 0 Å². The summed E-state index contributed by atoms with van der Waals surface area (Å²) in [5.41, 5.74) is 5.64. The van der Waals surface area contributed by atoms with Crippen LogP contribution in [0, 0.1) is 10.7 Å². The van der Waals surface area contributed by atoms with Gasteiger partial charge in [-0.3, -0.25) is 4.57 Å². The molecule has 0 spiro atoms. The van der Waals surface area contributed by atoms with E-state index in [0.717, 1.165) is 22.5 Å². The maximum atomic E-state index is 10.5. The summed E-state index contributed by atoms with van der Waals surface area (Å²) in [4.78, 5) is 3.12. The van der Waals surface area contributed by atoms with E-state index >= 15 is 0 Å². The second-order valence-corrected chi connectivity index (χ2v) is 7.96. The fourth-order valence-corrected chi connectivity index (χ4v) is 4.29. The molecule has 0 saturated carbocycles. The van der Waals surface area contributed by atoms with Crippen LogP contribution in [0.4, 0.5) is 0 Å². The van der Waals surface area contributed by atoms with Crippen molar-refractivity contribution in [2.45, 2.75) is 33.1 Å². The summed E-state index contributed by atoms with van der Waals surface area (Å²) in [7, 11) is 0. The third kappa shape index (κ3) is 2.87. The second-order valence-electron chi connectivity index (χ2n) is 7.58. The number of H-pyrrole nitrogens is 1. The number of nitrogens with one attached hydrogen (secondary N) is 1. The van der Waals surface area contributed by atoms with Gasteiger partial charge in [0, 0.05) is 29.3 Å². The molecule has 1 aliphatic rings. The van der Waals surface area contributed by atoms with Crippen LogP contribution < -0.4 is 0 Å². The van der Waals surface area contributed by atoms with E-state index in [0.29, 0.717) is 28.6 Å². The van der Waals surface area contributed by atoms with Gasteiger partial charge in [0.05, 0.1) is 11.4 Å². The lowest BCUT2D eigenvalue weighted by atomic mass is 9.90. The van der Waals surface area contributed by atoms with Gasteiger partial charge in [-0.05, 0) is 47.8 Å². The molecule has 4 rings (SSSR count). The van der Waals surface area contributed by atoms with Gasteiger partial charge in [0.15, 0.2) is 4.77 Å². The third-order valence-corrected chi connectivity index (χ3v) is 5.84. The van der Waals surface area contributed by atoms with Gasteiger partial charge >= 0.3 is 0 Å². The summed E-state index contributed by atoms with van der Waals surface area (Å²) in [6.07, 6.45) is 6.90. The number of phenolic OH excluding ortho intramolecular Hbond substituents is 2. The molecule has 0 saturated heterocycles. The normalized spacial score (nSPS) is 15.4. The second kappa shape index (κ2) is 6.99. The van der Waals surface area contributed by atoms with E-state index < -0.39 is 0 Å². The van der Waals surface area contributed by atoms with Gasteiger partial charge in [-0.15, -0.1) is 0 Å². The minimum absolute atomic E-state index is 0.0284. The Balaban J connectivity index is 1.94. The van der Waals surface area contributed by atoms with E-state index in [1.54, 1.807) is 0 Å². The monoisotopic (exact) mass is 392 g/mol. The zero-order chi connectivity index (χ0) is 20.0. The molecular weight excluding hydrogens is 368 g/mol. The molecule has 0 bridgehead atoms.